The second-order valence-corrected chi connectivity index (χ2v) is 5.61. The molecule has 1 amide bonds. The van der Waals surface area contributed by atoms with Crippen LogP contribution in [0, 0.1) is 10.1 Å². The third kappa shape index (κ3) is 4.73. The van der Waals surface area contributed by atoms with E-state index in [1.165, 1.54) is 6.07 Å². The Kier molecular flexibility index (Phi) is 5.69. The monoisotopic (exact) mass is 293 g/mol. The highest BCUT2D eigenvalue weighted by Crippen LogP contribution is 2.25. The van der Waals surface area contributed by atoms with Gasteiger partial charge in [-0.15, -0.1) is 0 Å². The number of hydrogen-bond acceptors (Lipinski definition) is 4. The first-order valence-corrected chi connectivity index (χ1v) is 7.15. The minimum Gasteiger partial charge on any atom is -0.380 e. The Morgan fingerprint density at radius 2 is 2.00 bits per heavy atom. The normalized spacial score (nSPS) is 11.0. The maximum Gasteiger partial charge on any atom is 0.293 e. The molecule has 1 rings (SSSR count). The van der Waals surface area contributed by atoms with E-state index < -0.39 is 4.92 Å². The van der Waals surface area contributed by atoms with Gasteiger partial charge in [-0.25, -0.2) is 0 Å². The second-order valence-electron chi connectivity index (χ2n) is 5.61. The van der Waals surface area contributed by atoms with Crippen molar-refractivity contribution in [1.82, 2.24) is 5.32 Å². The highest BCUT2D eigenvalue weighted by Gasteiger charge is 2.22. The van der Waals surface area contributed by atoms with Gasteiger partial charge in [0.25, 0.3) is 11.6 Å². The van der Waals surface area contributed by atoms with E-state index in [1.807, 2.05) is 27.7 Å². The van der Waals surface area contributed by atoms with Crippen molar-refractivity contribution in [2.45, 2.75) is 46.1 Å². The summed E-state index contributed by atoms with van der Waals surface area (Å²) in [6.07, 6.45) is 1.79. The van der Waals surface area contributed by atoms with Crippen molar-refractivity contribution in [3.63, 3.8) is 0 Å². The van der Waals surface area contributed by atoms with Crippen molar-refractivity contribution in [2.24, 2.45) is 0 Å². The summed E-state index contributed by atoms with van der Waals surface area (Å²) in [4.78, 5) is 22.8. The molecule has 2 N–H and O–H groups in total. The molecule has 0 spiro atoms. The molecule has 0 aromatic heterocycles. The minimum absolute atomic E-state index is 0.0854. The molecule has 0 unspecified atom stereocenters. The van der Waals surface area contributed by atoms with Crippen LogP contribution in [0.1, 0.15) is 50.9 Å². The van der Waals surface area contributed by atoms with Crippen molar-refractivity contribution in [2.75, 3.05) is 11.9 Å². The first kappa shape index (κ1) is 16.9. The summed E-state index contributed by atoms with van der Waals surface area (Å²) in [5.41, 5.74) is 0.304. The molecule has 6 nitrogen and oxygen atoms in total. The summed E-state index contributed by atoms with van der Waals surface area (Å²) in [6, 6.07) is 4.49. The van der Waals surface area contributed by atoms with E-state index in [2.05, 4.69) is 10.6 Å². The Labute approximate surface area is 125 Å². The van der Waals surface area contributed by atoms with E-state index >= 15 is 0 Å². The molecule has 0 saturated carbocycles. The number of nitro benzene ring substituents is 1. The molecule has 0 saturated heterocycles. The molecular weight excluding hydrogens is 270 g/mol. The van der Waals surface area contributed by atoms with Crippen molar-refractivity contribution in [3.8, 4) is 0 Å². The zero-order valence-electron chi connectivity index (χ0n) is 13.0. The van der Waals surface area contributed by atoms with Gasteiger partial charge in [0.2, 0.25) is 0 Å². The molecule has 6 heteroatoms. The molecule has 21 heavy (non-hydrogen) atoms. The van der Waals surface area contributed by atoms with Gasteiger partial charge in [-0.05, 0) is 39.3 Å². The third-order valence-electron chi connectivity index (χ3n) is 3.15. The van der Waals surface area contributed by atoms with Crippen LogP contribution in [-0.4, -0.2) is 22.9 Å². The van der Waals surface area contributed by atoms with Crippen LogP contribution in [0.2, 0.25) is 0 Å². The molecule has 0 fully saturated rings. The minimum atomic E-state index is -0.480. The van der Waals surface area contributed by atoms with Crippen LogP contribution in [0.25, 0.3) is 0 Å². The summed E-state index contributed by atoms with van der Waals surface area (Å²) < 4.78 is 0. The van der Waals surface area contributed by atoms with Gasteiger partial charge in [-0.1, -0.05) is 13.3 Å². The van der Waals surface area contributed by atoms with Crippen LogP contribution >= 0.6 is 0 Å². The molecule has 1 aromatic carbocycles. The second kappa shape index (κ2) is 7.06. The van der Waals surface area contributed by atoms with Crippen LogP contribution in [0.3, 0.4) is 0 Å². The Morgan fingerprint density at radius 1 is 1.33 bits per heavy atom. The number of benzene rings is 1. The molecule has 0 aliphatic heterocycles. The van der Waals surface area contributed by atoms with Gasteiger partial charge in [-0.3, -0.25) is 14.9 Å². The Bertz CT molecular complexity index is 527. The van der Waals surface area contributed by atoms with Crippen LogP contribution < -0.4 is 10.6 Å². The van der Waals surface area contributed by atoms with E-state index in [9.17, 15) is 14.9 Å². The lowest BCUT2D eigenvalue weighted by atomic mass is 9.98. The lowest BCUT2D eigenvalue weighted by Crippen LogP contribution is -2.43. The number of carbonyl (C=O) groups is 1. The van der Waals surface area contributed by atoms with Gasteiger partial charge < -0.3 is 10.6 Å². The largest absolute Gasteiger partial charge is 0.380 e. The van der Waals surface area contributed by atoms with Crippen LogP contribution in [-0.2, 0) is 0 Å². The van der Waals surface area contributed by atoms with Crippen LogP contribution in [0.15, 0.2) is 18.2 Å². The van der Waals surface area contributed by atoms with Gasteiger partial charge >= 0.3 is 0 Å². The zero-order valence-corrected chi connectivity index (χ0v) is 13.0. The number of rotatable bonds is 7. The van der Waals surface area contributed by atoms with E-state index in [0.717, 1.165) is 12.8 Å². The molecule has 0 bridgehead atoms. The molecular formula is C15H23N3O3. The highest BCUT2D eigenvalue weighted by atomic mass is 16.6. The van der Waals surface area contributed by atoms with Crippen molar-refractivity contribution < 1.29 is 9.72 Å². The molecule has 116 valence electrons. The average molecular weight is 293 g/mol. The Hall–Kier alpha value is -2.11. The molecule has 0 heterocycles. The lowest BCUT2D eigenvalue weighted by molar-refractivity contribution is -0.384. The predicted molar refractivity (Wildman–Crippen MR) is 83.7 cm³/mol. The number of anilines is 1. The van der Waals surface area contributed by atoms with Crippen molar-refractivity contribution in [1.29, 1.82) is 0 Å². The average Bonchev–Trinajstić information content (AvgIpc) is 2.38. The number of nitro groups is 1. The molecule has 0 radical (unpaired) electrons. The summed E-state index contributed by atoms with van der Waals surface area (Å²) in [5.74, 6) is -0.292. The summed E-state index contributed by atoms with van der Waals surface area (Å²) >= 11 is 0. The fourth-order valence-corrected chi connectivity index (χ4v) is 2.23. The standard InChI is InChI=1S/C15H23N3O3/c1-5-9-15(3,4)17-14(19)11-7-8-12(16-6-2)13(10-11)18(20)21/h7-8,10,16H,5-6,9H2,1-4H3,(H,17,19). The number of carbonyl (C=O) groups excluding carboxylic acids is 1. The fraction of sp³-hybridized carbons (Fsp3) is 0.533. The Morgan fingerprint density at radius 3 is 2.52 bits per heavy atom. The zero-order chi connectivity index (χ0) is 16.0. The van der Waals surface area contributed by atoms with Gasteiger partial charge in [0.05, 0.1) is 4.92 Å². The number of nitrogens with zero attached hydrogens (tertiary/aromatic N) is 1. The number of amides is 1. The lowest BCUT2D eigenvalue weighted by Gasteiger charge is -2.25. The fourth-order valence-electron chi connectivity index (χ4n) is 2.23. The Balaban J connectivity index is 3.01. The molecule has 1 aromatic rings. The third-order valence-corrected chi connectivity index (χ3v) is 3.15. The van der Waals surface area contributed by atoms with Crippen molar-refractivity contribution in [3.05, 3.63) is 33.9 Å². The van der Waals surface area contributed by atoms with E-state index in [0.29, 0.717) is 17.8 Å². The van der Waals surface area contributed by atoms with Crippen molar-refractivity contribution >= 4 is 17.3 Å². The van der Waals surface area contributed by atoms with Gasteiger partial charge in [0.15, 0.2) is 0 Å². The van der Waals surface area contributed by atoms with E-state index in [-0.39, 0.29) is 17.1 Å². The molecule has 0 aliphatic carbocycles. The molecule has 0 aliphatic rings. The number of hydrogen-bond donors (Lipinski definition) is 2. The van der Waals surface area contributed by atoms with E-state index in [1.54, 1.807) is 12.1 Å². The van der Waals surface area contributed by atoms with Crippen LogP contribution in [0.5, 0.6) is 0 Å². The summed E-state index contributed by atoms with van der Waals surface area (Å²) in [5, 5.41) is 16.9. The predicted octanol–water partition coefficient (Wildman–Crippen LogP) is 3.34. The maximum atomic E-state index is 12.2. The van der Waals surface area contributed by atoms with E-state index in [4.69, 9.17) is 0 Å². The van der Waals surface area contributed by atoms with Gasteiger partial charge in [0.1, 0.15) is 5.69 Å². The quantitative estimate of drug-likeness (QED) is 0.596. The topological polar surface area (TPSA) is 84.3 Å². The van der Waals surface area contributed by atoms with Gasteiger partial charge in [0, 0.05) is 23.7 Å². The highest BCUT2D eigenvalue weighted by molar-refractivity contribution is 5.96. The molecule has 0 atom stereocenters. The van der Waals surface area contributed by atoms with Crippen LogP contribution in [0.4, 0.5) is 11.4 Å². The van der Waals surface area contributed by atoms with Gasteiger partial charge in [-0.2, -0.15) is 0 Å². The summed E-state index contributed by atoms with van der Waals surface area (Å²) in [7, 11) is 0. The first-order chi connectivity index (χ1) is 9.80. The number of nitrogens with one attached hydrogen (secondary N) is 2. The first-order valence-electron chi connectivity index (χ1n) is 7.15. The smallest absolute Gasteiger partial charge is 0.293 e. The summed E-state index contributed by atoms with van der Waals surface area (Å²) in [6.45, 7) is 8.36. The maximum absolute atomic E-state index is 12.2. The SMILES string of the molecule is CCCC(C)(C)NC(=O)c1ccc(NCC)c([N+](=O)[O-])c1.